The van der Waals surface area contributed by atoms with Crippen LogP contribution in [0.5, 0.6) is 5.75 Å². The number of likely N-dealkylation sites (tertiary alicyclic amines) is 1. The Kier molecular flexibility index (Phi) is 5.67. The van der Waals surface area contributed by atoms with E-state index in [0.717, 1.165) is 54.0 Å². The largest absolute Gasteiger partial charge is 0.494 e. The molecule has 3 aromatic heterocycles. The fourth-order valence-corrected chi connectivity index (χ4v) is 6.61. The number of nitrogens with two attached hydrogens (primary N) is 1. The zero-order chi connectivity index (χ0) is 26.0. The van der Waals surface area contributed by atoms with Crippen molar-refractivity contribution >= 4 is 28.0 Å². The summed E-state index contributed by atoms with van der Waals surface area (Å²) in [6.07, 6.45) is 6.94. The van der Waals surface area contributed by atoms with Gasteiger partial charge in [0.15, 0.2) is 5.82 Å². The molecule has 3 fully saturated rings. The zero-order valence-electron chi connectivity index (χ0n) is 21.7. The van der Waals surface area contributed by atoms with Gasteiger partial charge in [-0.15, -0.1) is 0 Å². The first kappa shape index (κ1) is 23.7. The molecule has 3 aliphatic rings. The maximum atomic E-state index is 13.7. The summed E-state index contributed by atoms with van der Waals surface area (Å²) in [5.41, 5.74) is 10.5. The van der Waals surface area contributed by atoms with E-state index in [1.807, 2.05) is 29.3 Å². The standard InChI is InChI=1S/C29H34N6O3/c1-38-24-14-20(29(37)35-16-19-7-8-22(35)25(19)30)12-21-26(24)33(10-3-11-36)28(32-21)23-13-18-4-2-9-31-27(18)34(23)15-17-5-6-17/h2,4,9,12-14,17,19,22,25,36H,3,5-8,10-11,15-16,30H2,1H3/t19-,22?,25-/m1/s1. The Morgan fingerprint density at radius 3 is 2.76 bits per heavy atom. The summed E-state index contributed by atoms with van der Waals surface area (Å²) < 4.78 is 10.3. The highest BCUT2D eigenvalue weighted by Crippen LogP contribution is 2.40. The second-order valence-corrected chi connectivity index (χ2v) is 11.1. The molecule has 2 saturated carbocycles. The summed E-state index contributed by atoms with van der Waals surface area (Å²) in [6, 6.07) is 10.1. The number of fused-ring (bicyclic) bond motifs is 4. The van der Waals surface area contributed by atoms with Crippen LogP contribution in [0, 0.1) is 11.8 Å². The first-order chi connectivity index (χ1) is 18.6. The van der Waals surface area contributed by atoms with Gasteiger partial charge in [0.2, 0.25) is 0 Å². The third kappa shape index (κ3) is 3.71. The number of piperidine rings is 1. The molecular formula is C29H34N6O3. The highest BCUT2D eigenvalue weighted by molar-refractivity contribution is 6.00. The number of amides is 1. The number of nitrogens with zero attached hydrogens (tertiary/aromatic N) is 5. The number of hydrogen-bond acceptors (Lipinski definition) is 6. The van der Waals surface area contributed by atoms with Gasteiger partial charge in [0, 0.05) is 55.5 Å². The van der Waals surface area contributed by atoms with Crippen molar-refractivity contribution < 1.29 is 14.6 Å². The summed E-state index contributed by atoms with van der Waals surface area (Å²) in [6.45, 7) is 2.27. The number of hydrogen-bond donors (Lipinski definition) is 2. The van der Waals surface area contributed by atoms with Gasteiger partial charge in [-0.2, -0.15) is 0 Å². The van der Waals surface area contributed by atoms with E-state index in [1.54, 1.807) is 7.11 Å². The molecule has 2 aliphatic carbocycles. The van der Waals surface area contributed by atoms with Crippen molar-refractivity contribution in [1.29, 1.82) is 0 Å². The average molecular weight is 515 g/mol. The number of carbonyl (C=O) groups excluding carboxylic acids is 1. The predicted molar refractivity (Wildman–Crippen MR) is 145 cm³/mol. The predicted octanol–water partition coefficient (Wildman–Crippen LogP) is 3.42. The van der Waals surface area contributed by atoms with Gasteiger partial charge in [0.05, 0.1) is 18.3 Å². The molecule has 1 saturated heterocycles. The zero-order valence-corrected chi connectivity index (χ0v) is 21.7. The van der Waals surface area contributed by atoms with Crippen LogP contribution in [-0.2, 0) is 13.1 Å². The molecule has 9 nitrogen and oxygen atoms in total. The van der Waals surface area contributed by atoms with Crippen LogP contribution in [0.25, 0.3) is 33.6 Å². The maximum absolute atomic E-state index is 13.7. The molecular weight excluding hydrogens is 480 g/mol. The number of rotatable bonds is 8. The van der Waals surface area contributed by atoms with Crippen molar-refractivity contribution in [3.05, 3.63) is 42.1 Å². The van der Waals surface area contributed by atoms with E-state index in [2.05, 4.69) is 21.3 Å². The minimum atomic E-state index is -0.00800. The second-order valence-electron chi connectivity index (χ2n) is 11.1. The van der Waals surface area contributed by atoms with Gasteiger partial charge in [-0.05, 0) is 74.3 Å². The summed E-state index contributed by atoms with van der Waals surface area (Å²) >= 11 is 0. The Morgan fingerprint density at radius 2 is 2.05 bits per heavy atom. The van der Waals surface area contributed by atoms with Gasteiger partial charge < -0.3 is 29.6 Å². The van der Waals surface area contributed by atoms with Crippen LogP contribution in [0.1, 0.15) is 42.5 Å². The molecule has 198 valence electrons. The highest BCUT2D eigenvalue weighted by Gasteiger charge is 2.47. The Bertz CT molecular complexity index is 1540. The fourth-order valence-electron chi connectivity index (χ4n) is 6.61. The monoisotopic (exact) mass is 514 g/mol. The number of aliphatic hydroxyl groups excluding tert-OH is 1. The Hall–Kier alpha value is -3.43. The number of aromatic nitrogens is 4. The van der Waals surface area contributed by atoms with E-state index in [-0.39, 0.29) is 24.6 Å². The molecule has 1 unspecified atom stereocenters. The first-order valence-electron chi connectivity index (χ1n) is 13.8. The number of aryl methyl sites for hydroxylation is 1. The van der Waals surface area contributed by atoms with Crippen molar-refractivity contribution in [3.63, 3.8) is 0 Å². The number of benzene rings is 1. The molecule has 1 aromatic carbocycles. The fraction of sp³-hybridized carbons (Fsp3) is 0.483. The first-order valence-corrected chi connectivity index (χ1v) is 13.8. The lowest BCUT2D eigenvalue weighted by molar-refractivity contribution is 0.0700. The number of methoxy groups -OCH3 is 1. The van der Waals surface area contributed by atoms with Crippen LogP contribution in [0.15, 0.2) is 36.5 Å². The summed E-state index contributed by atoms with van der Waals surface area (Å²) in [4.78, 5) is 25.4. The van der Waals surface area contributed by atoms with Crippen molar-refractivity contribution in [2.45, 2.75) is 57.3 Å². The molecule has 4 heterocycles. The van der Waals surface area contributed by atoms with Crippen LogP contribution >= 0.6 is 0 Å². The van der Waals surface area contributed by atoms with E-state index < -0.39 is 0 Å². The van der Waals surface area contributed by atoms with Gasteiger partial charge in [-0.25, -0.2) is 9.97 Å². The van der Waals surface area contributed by atoms with Gasteiger partial charge in [0.25, 0.3) is 5.91 Å². The van der Waals surface area contributed by atoms with E-state index in [0.29, 0.717) is 41.6 Å². The summed E-state index contributed by atoms with van der Waals surface area (Å²) in [7, 11) is 1.63. The molecule has 38 heavy (non-hydrogen) atoms. The highest BCUT2D eigenvalue weighted by atomic mass is 16.5. The molecule has 1 aliphatic heterocycles. The SMILES string of the molecule is COc1cc(C(=O)N2C[C@H]3CCC2[C@@H]3N)cc2nc(-c3cc4cccnc4n3CC3CC3)n(CCCO)c12. The smallest absolute Gasteiger partial charge is 0.254 e. The van der Waals surface area contributed by atoms with Crippen molar-refractivity contribution in [2.75, 3.05) is 20.3 Å². The molecule has 3 atom stereocenters. The average Bonchev–Trinajstić information content (AvgIpc) is 3.29. The van der Waals surface area contributed by atoms with Crippen LogP contribution in [0.2, 0.25) is 0 Å². The topological polar surface area (TPSA) is 111 Å². The molecule has 2 bridgehead atoms. The number of pyridine rings is 1. The van der Waals surface area contributed by atoms with Gasteiger partial charge in [-0.3, -0.25) is 4.79 Å². The Morgan fingerprint density at radius 1 is 1.18 bits per heavy atom. The van der Waals surface area contributed by atoms with Crippen LogP contribution < -0.4 is 10.5 Å². The number of imidazole rings is 1. The van der Waals surface area contributed by atoms with E-state index >= 15 is 0 Å². The molecule has 3 N–H and O–H groups in total. The maximum Gasteiger partial charge on any atom is 0.254 e. The van der Waals surface area contributed by atoms with E-state index in [4.69, 9.17) is 20.4 Å². The molecule has 9 heteroatoms. The number of carbonyl (C=O) groups is 1. The Labute approximate surface area is 221 Å². The van der Waals surface area contributed by atoms with Gasteiger partial charge in [-0.1, -0.05) is 0 Å². The van der Waals surface area contributed by atoms with E-state index in [9.17, 15) is 9.90 Å². The van der Waals surface area contributed by atoms with Crippen LogP contribution in [-0.4, -0.2) is 67.4 Å². The minimum absolute atomic E-state index is 0.00800. The Balaban J connectivity index is 1.38. The lowest BCUT2D eigenvalue weighted by Gasteiger charge is -2.27. The summed E-state index contributed by atoms with van der Waals surface area (Å²) in [5.74, 6) is 2.45. The lowest BCUT2D eigenvalue weighted by atomic mass is 10.1. The quantitative estimate of drug-likeness (QED) is 0.373. The van der Waals surface area contributed by atoms with E-state index in [1.165, 1.54) is 12.8 Å². The third-order valence-electron chi connectivity index (χ3n) is 8.75. The third-order valence-corrected chi connectivity index (χ3v) is 8.75. The molecule has 4 aromatic rings. The lowest BCUT2D eigenvalue weighted by Crippen LogP contribution is -2.41. The minimum Gasteiger partial charge on any atom is -0.494 e. The molecule has 1 amide bonds. The molecule has 0 spiro atoms. The number of aliphatic hydroxyl groups is 1. The molecule has 7 rings (SSSR count). The number of ether oxygens (including phenoxy) is 1. The second kappa shape index (κ2) is 9.10. The van der Waals surface area contributed by atoms with Crippen molar-refractivity contribution in [3.8, 4) is 17.3 Å². The van der Waals surface area contributed by atoms with Gasteiger partial charge in [0.1, 0.15) is 16.9 Å². The molecule has 0 radical (unpaired) electrons. The summed E-state index contributed by atoms with van der Waals surface area (Å²) in [5, 5.41) is 10.8. The van der Waals surface area contributed by atoms with Crippen molar-refractivity contribution in [2.24, 2.45) is 17.6 Å². The van der Waals surface area contributed by atoms with Crippen molar-refractivity contribution in [1.82, 2.24) is 24.0 Å². The van der Waals surface area contributed by atoms with Gasteiger partial charge >= 0.3 is 0 Å². The van der Waals surface area contributed by atoms with Crippen LogP contribution in [0.4, 0.5) is 0 Å². The normalized spacial score (nSPS) is 22.7. The van der Waals surface area contributed by atoms with Crippen LogP contribution in [0.3, 0.4) is 0 Å².